The number of aromatic nitrogens is 3. The van der Waals surface area contributed by atoms with Gasteiger partial charge >= 0.3 is 0 Å². The lowest BCUT2D eigenvalue weighted by molar-refractivity contribution is -0.126. The second kappa shape index (κ2) is 11.5. The van der Waals surface area contributed by atoms with Crippen molar-refractivity contribution in [3.63, 3.8) is 0 Å². The topological polar surface area (TPSA) is 80.1 Å². The molecule has 0 aliphatic carbocycles. The van der Waals surface area contributed by atoms with Crippen molar-refractivity contribution >= 4 is 17.5 Å². The van der Waals surface area contributed by atoms with Crippen molar-refractivity contribution in [2.45, 2.75) is 51.9 Å². The number of nitrogens with one attached hydrogen (secondary N) is 1. The molecule has 0 atom stereocenters. The summed E-state index contributed by atoms with van der Waals surface area (Å²) in [7, 11) is 0. The lowest BCUT2D eigenvalue weighted by Crippen LogP contribution is -2.37. The van der Waals surface area contributed by atoms with E-state index in [2.05, 4.69) is 29.1 Å². The van der Waals surface area contributed by atoms with Gasteiger partial charge in [-0.1, -0.05) is 19.3 Å². The number of carbonyl (C=O) groups is 2. The quantitative estimate of drug-likeness (QED) is 0.418. The Kier molecular flexibility index (Phi) is 7.94. The summed E-state index contributed by atoms with van der Waals surface area (Å²) in [5.74, 6) is 5.60. The summed E-state index contributed by atoms with van der Waals surface area (Å²) in [5.41, 5.74) is 3.95. The highest BCUT2D eigenvalue weighted by Gasteiger charge is 2.27. The molecule has 3 heterocycles. The largest absolute Gasteiger partial charge is 0.332 e. The number of likely N-dealkylation sites (tertiary alicyclic amines) is 1. The summed E-state index contributed by atoms with van der Waals surface area (Å²) in [5, 5.41) is 3.00. The Balaban J connectivity index is 1.42. The lowest BCUT2D eigenvalue weighted by Gasteiger charge is -2.31. The van der Waals surface area contributed by atoms with Gasteiger partial charge in [-0.25, -0.2) is 4.98 Å². The van der Waals surface area contributed by atoms with Gasteiger partial charge in [-0.05, 0) is 68.5 Å². The van der Waals surface area contributed by atoms with Crippen LogP contribution in [0.5, 0.6) is 0 Å². The summed E-state index contributed by atoms with van der Waals surface area (Å²) in [6.07, 6.45) is 9.70. The molecule has 1 fully saturated rings. The molecule has 2 amide bonds. The first-order chi connectivity index (χ1) is 17.0. The van der Waals surface area contributed by atoms with Crippen molar-refractivity contribution in [1.82, 2.24) is 19.4 Å². The fraction of sp³-hybridized carbons (Fsp3) is 0.357. The predicted octanol–water partition coefficient (Wildman–Crippen LogP) is 4.73. The van der Waals surface area contributed by atoms with Gasteiger partial charge in [-0.3, -0.25) is 14.6 Å². The molecule has 1 saturated heterocycles. The average molecular weight is 470 g/mol. The van der Waals surface area contributed by atoms with Crippen LogP contribution in [0.25, 0.3) is 5.69 Å². The first-order valence-corrected chi connectivity index (χ1v) is 12.2. The van der Waals surface area contributed by atoms with E-state index >= 15 is 0 Å². The summed E-state index contributed by atoms with van der Waals surface area (Å²) in [4.78, 5) is 36.2. The fourth-order valence-corrected chi connectivity index (χ4v) is 4.25. The van der Waals surface area contributed by atoms with E-state index in [-0.39, 0.29) is 17.7 Å². The molecule has 0 radical (unpaired) electrons. The molecule has 1 aliphatic heterocycles. The summed E-state index contributed by atoms with van der Waals surface area (Å²) < 4.78 is 1.90. The van der Waals surface area contributed by atoms with Gasteiger partial charge < -0.3 is 14.8 Å². The zero-order chi connectivity index (χ0) is 24.6. The van der Waals surface area contributed by atoms with Crippen LogP contribution in [0.3, 0.4) is 0 Å². The van der Waals surface area contributed by atoms with Gasteiger partial charge in [0.15, 0.2) is 0 Å². The van der Waals surface area contributed by atoms with E-state index in [0.29, 0.717) is 24.3 Å². The molecule has 4 rings (SSSR count). The van der Waals surface area contributed by atoms with Gasteiger partial charge in [-0.2, -0.15) is 0 Å². The molecule has 180 valence electrons. The average Bonchev–Trinajstić information content (AvgIpc) is 3.42. The molecule has 3 aromatic rings. The Morgan fingerprint density at radius 2 is 1.89 bits per heavy atom. The van der Waals surface area contributed by atoms with Crippen LogP contribution in [0.4, 0.5) is 5.69 Å². The fourth-order valence-electron chi connectivity index (χ4n) is 4.25. The van der Waals surface area contributed by atoms with E-state index in [1.54, 1.807) is 12.5 Å². The third-order valence-corrected chi connectivity index (χ3v) is 6.26. The molecule has 0 saturated carbocycles. The van der Waals surface area contributed by atoms with Gasteiger partial charge in [0.05, 0.1) is 17.6 Å². The highest BCUT2D eigenvalue weighted by molar-refractivity contribution is 6.05. The number of nitrogens with zero attached hydrogens (tertiary/aromatic N) is 4. The first-order valence-electron chi connectivity index (χ1n) is 12.2. The zero-order valence-corrected chi connectivity index (χ0v) is 20.3. The van der Waals surface area contributed by atoms with Crippen LogP contribution in [0.2, 0.25) is 0 Å². The monoisotopic (exact) mass is 469 g/mol. The van der Waals surface area contributed by atoms with Crippen LogP contribution in [0.1, 0.15) is 66.7 Å². The second-order valence-electron chi connectivity index (χ2n) is 8.83. The smallest absolute Gasteiger partial charge is 0.298 e. The van der Waals surface area contributed by atoms with Crippen molar-refractivity contribution in [2.24, 2.45) is 0 Å². The van der Waals surface area contributed by atoms with Crippen LogP contribution < -0.4 is 5.32 Å². The highest BCUT2D eigenvalue weighted by atomic mass is 16.2. The van der Waals surface area contributed by atoms with Gasteiger partial charge in [-0.15, -0.1) is 0 Å². The van der Waals surface area contributed by atoms with Crippen molar-refractivity contribution in [2.75, 3.05) is 18.4 Å². The maximum atomic E-state index is 13.2. The van der Waals surface area contributed by atoms with Crippen molar-refractivity contribution in [3.8, 4) is 17.5 Å². The third-order valence-electron chi connectivity index (χ3n) is 6.26. The minimum atomic E-state index is -0.178. The lowest BCUT2D eigenvalue weighted by atomic mass is 9.89. The van der Waals surface area contributed by atoms with Crippen LogP contribution in [0.15, 0.2) is 55.1 Å². The predicted molar refractivity (Wildman–Crippen MR) is 136 cm³/mol. The number of hydrogen-bond donors (Lipinski definition) is 1. The molecule has 1 aliphatic rings. The number of rotatable bonds is 6. The van der Waals surface area contributed by atoms with E-state index in [1.807, 2.05) is 59.0 Å². The number of hydrogen-bond acceptors (Lipinski definition) is 4. The molecule has 0 bridgehead atoms. The Bertz CT molecular complexity index is 1210. The number of imidazole rings is 1. The molecular formula is C28H31N5O2. The van der Waals surface area contributed by atoms with Gasteiger partial charge in [0.1, 0.15) is 0 Å². The molecule has 2 aromatic heterocycles. The molecule has 1 aromatic carbocycles. The number of aryl methyl sites for hydroxylation is 1. The van der Waals surface area contributed by atoms with E-state index in [4.69, 9.17) is 4.98 Å². The summed E-state index contributed by atoms with van der Waals surface area (Å²) in [6, 6.07) is 11.3. The van der Waals surface area contributed by atoms with Crippen LogP contribution in [-0.4, -0.2) is 44.3 Å². The van der Waals surface area contributed by atoms with E-state index in [1.165, 1.54) is 0 Å². The van der Waals surface area contributed by atoms with Crippen molar-refractivity contribution < 1.29 is 9.59 Å². The number of piperidine rings is 1. The number of amides is 2. The van der Waals surface area contributed by atoms with E-state index in [9.17, 15) is 9.59 Å². The number of pyridine rings is 1. The molecule has 7 heteroatoms. The SMILES string of the molecule is CCCCC#CC(=O)N1CCC(c2nc(C)ccc2C(=O)Nc2ccc(-n3ccnc3)cc2)CC1. The first kappa shape index (κ1) is 24.2. The summed E-state index contributed by atoms with van der Waals surface area (Å²) >= 11 is 0. The molecule has 35 heavy (non-hydrogen) atoms. The second-order valence-corrected chi connectivity index (χ2v) is 8.83. The van der Waals surface area contributed by atoms with E-state index < -0.39 is 0 Å². The number of anilines is 1. The molecule has 1 N–H and O–H groups in total. The Morgan fingerprint density at radius 3 is 2.57 bits per heavy atom. The normalized spacial score (nSPS) is 13.7. The molecule has 0 spiro atoms. The van der Waals surface area contributed by atoms with Gasteiger partial charge in [0.25, 0.3) is 11.8 Å². The van der Waals surface area contributed by atoms with Crippen LogP contribution in [-0.2, 0) is 4.79 Å². The van der Waals surface area contributed by atoms with Gasteiger partial charge in [0, 0.05) is 54.9 Å². The zero-order valence-electron chi connectivity index (χ0n) is 20.3. The van der Waals surface area contributed by atoms with Crippen LogP contribution >= 0.6 is 0 Å². The summed E-state index contributed by atoms with van der Waals surface area (Å²) in [6.45, 7) is 5.29. The number of carbonyl (C=O) groups excluding carboxylic acids is 2. The van der Waals surface area contributed by atoms with E-state index in [0.717, 1.165) is 49.2 Å². The maximum absolute atomic E-state index is 13.2. The van der Waals surface area contributed by atoms with Crippen molar-refractivity contribution in [1.29, 1.82) is 0 Å². The Morgan fingerprint density at radius 1 is 1.11 bits per heavy atom. The van der Waals surface area contributed by atoms with Gasteiger partial charge in [0.2, 0.25) is 0 Å². The maximum Gasteiger partial charge on any atom is 0.298 e. The standard InChI is InChI=1S/C28H31N5O2/c1-3-4-5-6-7-26(34)32-17-14-22(15-18-32)27-25(13-8-21(2)30-27)28(35)31-23-9-11-24(12-10-23)33-19-16-29-20-33/h8-13,16,19-20,22H,3-5,14-15,17-18H2,1-2H3,(H,31,35). The molecular weight excluding hydrogens is 438 g/mol. The minimum Gasteiger partial charge on any atom is -0.332 e. The Hall–Kier alpha value is -3.92. The van der Waals surface area contributed by atoms with Crippen molar-refractivity contribution in [3.05, 3.63) is 72.1 Å². The third kappa shape index (κ3) is 6.15. The molecule has 7 nitrogen and oxygen atoms in total. The Labute approximate surface area is 206 Å². The number of benzene rings is 1. The molecule has 0 unspecified atom stereocenters. The highest BCUT2D eigenvalue weighted by Crippen LogP contribution is 2.30. The minimum absolute atomic E-state index is 0.103. The number of unbranched alkanes of at least 4 members (excludes halogenated alkanes) is 2. The van der Waals surface area contributed by atoms with Crippen LogP contribution in [0, 0.1) is 18.8 Å².